The number of hydrogen-bond donors (Lipinski definition) is 1. The van der Waals surface area contributed by atoms with E-state index in [9.17, 15) is 13.2 Å². The molecule has 1 N–H and O–H groups in total. The van der Waals surface area contributed by atoms with Gasteiger partial charge in [-0.25, -0.2) is 23.2 Å². The SMILES string of the molecule is CS(=O)(=O)c1nc(C(=O)OC(CSc2ncn[nH]2)c2ccccc2)c2ccccn12. The normalized spacial score (nSPS) is 12.7. The molecule has 1 unspecified atom stereocenters. The second-order valence-corrected chi connectivity index (χ2v) is 9.30. The molecule has 4 aromatic rings. The van der Waals surface area contributed by atoms with E-state index in [2.05, 4.69) is 20.2 Å². The average Bonchev–Trinajstić information content (AvgIpc) is 3.39. The Morgan fingerprint density at radius 1 is 1.20 bits per heavy atom. The van der Waals surface area contributed by atoms with Crippen molar-refractivity contribution in [1.29, 1.82) is 0 Å². The number of esters is 1. The number of imidazole rings is 1. The van der Waals surface area contributed by atoms with Crippen LogP contribution in [0, 0.1) is 0 Å². The van der Waals surface area contributed by atoms with Crippen molar-refractivity contribution in [3.63, 3.8) is 0 Å². The Morgan fingerprint density at radius 2 is 1.97 bits per heavy atom. The second-order valence-electron chi connectivity index (χ2n) is 6.38. The van der Waals surface area contributed by atoms with Gasteiger partial charge in [-0.3, -0.25) is 9.50 Å². The van der Waals surface area contributed by atoms with E-state index in [0.717, 1.165) is 11.8 Å². The monoisotopic (exact) mass is 443 g/mol. The van der Waals surface area contributed by atoms with Crippen LogP contribution in [0.15, 0.2) is 71.4 Å². The molecule has 0 fully saturated rings. The van der Waals surface area contributed by atoms with Gasteiger partial charge in [0.05, 0.1) is 5.52 Å². The first-order chi connectivity index (χ1) is 14.4. The van der Waals surface area contributed by atoms with Crippen molar-refractivity contribution in [2.75, 3.05) is 12.0 Å². The number of pyridine rings is 1. The molecule has 0 radical (unpaired) electrons. The summed E-state index contributed by atoms with van der Waals surface area (Å²) in [6.07, 6.45) is 3.39. The molecule has 0 amide bonds. The molecule has 4 rings (SSSR count). The number of aromatic amines is 1. The van der Waals surface area contributed by atoms with E-state index in [-0.39, 0.29) is 10.9 Å². The lowest BCUT2D eigenvalue weighted by Crippen LogP contribution is -2.15. The Balaban J connectivity index is 1.66. The number of sulfone groups is 1. The van der Waals surface area contributed by atoms with Gasteiger partial charge in [0.25, 0.3) is 0 Å². The Kier molecular flexibility index (Phi) is 5.55. The summed E-state index contributed by atoms with van der Waals surface area (Å²) in [5.41, 5.74) is 1.10. The molecule has 3 heterocycles. The van der Waals surface area contributed by atoms with E-state index in [1.165, 1.54) is 22.5 Å². The summed E-state index contributed by atoms with van der Waals surface area (Å²) in [6, 6.07) is 14.3. The molecule has 0 aliphatic heterocycles. The first-order valence-corrected chi connectivity index (χ1v) is 11.7. The highest BCUT2D eigenvalue weighted by Gasteiger charge is 2.26. The number of nitrogens with one attached hydrogen (secondary N) is 1. The third-order valence-corrected chi connectivity index (χ3v) is 6.12. The van der Waals surface area contributed by atoms with Crippen molar-refractivity contribution in [3.8, 4) is 0 Å². The van der Waals surface area contributed by atoms with Crippen LogP contribution in [-0.4, -0.2) is 51.0 Å². The highest BCUT2D eigenvalue weighted by atomic mass is 32.2. The molecule has 0 saturated carbocycles. The minimum Gasteiger partial charge on any atom is -0.452 e. The van der Waals surface area contributed by atoms with Gasteiger partial charge in [-0.2, -0.15) is 5.10 Å². The van der Waals surface area contributed by atoms with Gasteiger partial charge in [-0.05, 0) is 17.7 Å². The number of H-pyrrole nitrogens is 1. The van der Waals surface area contributed by atoms with Gasteiger partial charge >= 0.3 is 5.97 Å². The number of benzene rings is 1. The summed E-state index contributed by atoms with van der Waals surface area (Å²) >= 11 is 1.35. The van der Waals surface area contributed by atoms with Crippen LogP contribution in [0.5, 0.6) is 0 Å². The fourth-order valence-corrected chi connectivity index (χ4v) is 4.47. The number of aromatic nitrogens is 5. The van der Waals surface area contributed by atoms with Crippen molar-refractivity contribution in [2.45, 2.75) is 16.4 Å². The van der Waals surface area contributed by atoms with Gasteiger partial charge in [0.2, 0.25) is 15.0 Å². The first kappa shape index (κ1) is 20.1. The Hall–Kier alpha value is -3.18. The van der Waals surface area contributed by atoms with Crippen LogP contribution in [0.3, 0.4) is 0 Å². The van der Waals surface area contributed by atoms with Gasteiger partial charge in [-0.1, -0.05) is 48.2 Å². The average molecular weight is 444 g/mol. The maximum atomic E-state index is 13.0. The molecular weight excluding hydrogens is 426 g/mol. The summed E-state index contributed by atoms with van der Waals surface area (Å²) in [5, 5.41) is 6.94. The van der Waals surface area contributed by atoms with Crippen LogP contribution < -0.4 is 0 Å². The van der Waals surface area contributed by atoms with E-state index in [1.807, 2.05) is 30.3 Å². The number of fused-ring (bicyclic) bond motifs is 1. The van der Waals surface area contributed by atoms with Crippen LogP contribution in [-0.2, 0) is 14.6 Å². The third-order valence-electron chi connectivity index (χ3n) is 4.23. The predicted molar refractivity (Wildman–Crippen MR) is 110 cm³/mol. The first-order valence-electron chi connectivity index (χ1n) is 8.84. The van der Waals surface area contributed by atoms with Crippen LogP contribution in [0.25, 0.3) is 5.52 Å². The third kappa shape index (κ3) is 4.21. The smallest absolute Gasteiger partial charge is 0.359 e. The number of carbonyl (C=O) groups is 1. The molecule has 0 saturated heterocycles. The lowest BCUT2D eigenvalue weighted by molar-refractivity contribution is 0.0343. The summed E-state index contributed by atoms with van der Waals surface area (Å²) in [6.45, 7) is 0. The van der Waals surface area contributed by atoms with Crippen LogP contribution in [0.1, 0.15) is 22.2 Å². The topological polar surface area (TPSA) is 119 Å². The minimum atomic E-state index is -3.64. The summed E-state index contributed by atoms with van der Waals surface area (Å²) in [7, 11) is -3.64. The summed E-state index contributed by atoms with van der Waals surface area (Å²) < 4.78 is 31.3. The lowest BCUT2D eigenvalue weighted by atomic mass is 10.1. The molecule has 0 aliphatic carbocycles. The van der Waals surface area contributed by atoms with Gasteiger partial charge in [-0.15, -0.1) is 0 Å². The molecule has 0 bridgehead atoms. The molecule has 30 heavy (non-hydrogen) atoms. The van der Waals surface area contributed by atoms with Crippen molar-refractivity contribution in [3.05, 3.63) is 72.3 Å². The highest BCUT2D eigenvalue weighted by molar-refractivity contribution is 7.99. The zero-order valence-corrected chi connectivity index (χ0v) is 17.4. The number of thioether (sulfide) groups is 1. The number of carbonyl (C=O) groups excluding carboxylic acids is 1. The van der Waals surface area contributed by atoms with Gasteiger partial charge in [0, 0.05) is 18.2 Å². The Morgan fingerprint density at radius 3 is 2.67 bits per heavy atom. The fraction of sp³-hybridized carbons (Fsp3) is 0.158. The number of nitrogens with zero attached hydrogens (tertiary/aromatic N) is 4. The molecule has 0 aliphatic rings. The molecule has 154 valence electrons. The molecule has 9 nitrogen and oxygen atoms in total. The van der Waals surface area contributed by atoms with E-state index in [4.69, 9.17) is 4.74 Å². The maximum Gasteiger partial charge on any atom is 0.359 e. The van der Waals surface area contributed by atoms with E-state index in [1.54, 1.807) is 24.4 Å². The van der Waals surface area contributed by atoms with E-state index in [0.29, 0.717) is 16.4 Å². The van der Waals surface area contributed by atoms with Crippen LogP contribution in [0.2, 0.25) is 0 Å². The van der Waals surface area contributed by atoms with Crippen molar-refractivity contribution in [2.24, 2.45) is 0 Å². The second kappa shape index (κ2) is 8.28. The maximum absolute atomic E-state index is 13.0. The van der Waals surface area contributed by atoms with Crippen molar-refractivity contribution in [1.82, 2.24) is 24.6 Å². The predicted octanol–water partition coefficient (Wildman–Crippen LogP) is 2.55. The van der Waals surface area contributed by atoms with Crippen molar-refractivity contribution >= 4 is 33.1 Å². The lowest BCUT2D eigenvalue weighted by Gasteiger charge is -2.17. The van der Waals surface area contributed by atoms with Gasteiger partial charge in [0.1, 0.15) is 12.4 Å². The highest BCUT2D eigenvalue weighted by Crippen LogP contribution is 2.27. The zero-order chi connectivity index (χ0) is 21.1. The molecule has 1 aromatic carbocycles. The van der Waals surface area contributed by atoms with Gasteiger partial charge < -0.3 is 4.74 Å². The van der Waals surface area contributed by atoms with E-state index >= 15 is 0 Å². The molecule has 11 heteroatoms. The molecule has 3 aromatic heterocycles. The van der Waals surface area contributed by atoms with Crippen molar-refractivity contribution < 1.29 is 17.9 Å². The quantitative estimate of drug-likeness (QED) is 0.342. The Bertz CT molecular complexity index is 1270. The molecular formula is C19H17N5O4S2. The largest absolute Gasteiger partial charge is 0.452 e. The Labute approximate surface area is 176 Å². The number of ether oxygens (including phenoxy) is 1. The van der Waals surface area contributed by atoms with Gasteiger partial charge in [0.15, 0.2) is 10.9 Å². The molecule has 1 atom stereocenters. The molecule has 0 spiro atoms. The summed E-state index contributed by atoms with van der Waals surface area (Å²) in [5.74, 6) is -0.323. The number of hydrogen-bond acceptors (Lipinski definition) is 8. The standard InChI is InChI=1S/C19H17N5O4S2/c1-30(26,27)19-22-16(14-9-5-6-10-24(14)19)17(25)28-15(13-7-3-2-4-8-13)11-29-18-20-12-21-23-18/h2-10,12,15H,11H2,1H3,(H,20,21,23). The van der Waals surface area contributed by atoms with Crippen LogP contribution >= 0.6 is 11.8 Å². The van der Waals surface area contributed by atoms with E-state index < -0.39 is 21.9 Å². The minimum absolute atomic E-state index is 0.0541. The zero-order valence-electron chi connectivity index (χ0n) is 15.8. The fourth-order valence-electron chi connectivity index (χ4n) is 2.89. The van der Waals surface area contributed by atoms with Crippen LogP contribution in [0.4, 0.5) is 0 Å². The summed E-state index contributed by atoms with van der Waals surface area (Å²) in [4.78, 5) is 21.2. The number of rotatable bonds is 7.